The fourth-order valence-corrected chi connectivity index (χ4v) is 5.22. The number of benzene rings is 4. The van der Waals surface area contributed by atoms with Crippen LogP contribution >= 0.6 is 63.7 Å². The van der Waals surface area contributed by atoms with Crippen molar-refractivity contribution in [2.75, 3.05) is 0 Å². The summed E-state index contributed by atoms with van der Waals surface area (Å²) >= 11 is 14.4. The minimum absolute atomic E-state index is 1.07. The van der Waals surface area contributed by atoms with Gasteiger partial charge >= 0.3 is 0 Å². The molecule has 0 fully saturated rings. The zero-order valence-corrected chi connectivity index (χ0v) is 23.1. The lowest BCUT2D eigenvalue weighted by Crippen LogP contribution is -1.89. The second-order valence-corrected chi connectivity index (χ2v) is 11.2. The van der Waals surface area contributed by atoms with E-state index in [1.165, 1.54) is 44.5 Å². The minimum atomic E-state index is 1.07. The summed E-state index contributed by atoms with van der Waals surface area (Å²) in [6.07, 6.45) is 2.29. The third kappa shape index (κ3) is 4.38. The van der Waals surface area contributed by atoms with Crippen LogP contribution in [0.4, 0.5) is 0 Å². The predicted molar refractivity (Wildman–Crippen MR) is 150 cm³/mol. The van der Waals surface area contributed by atoms with Crippen molar-refractivity contribution < 1.29 is 0 Å². The molecule has 156 valence electrons. The van der Waals surface area contributed by atoms with Gasteiger partial charge in [0.15, 0.2) is 0 Å². The monoisotopic (exact) mass is 668 g/mol. The molecule has 0 saturated heterocycles. The molecule has 0 aliphatic heterocycles. The Bertz CT molecular complexity index is 1360. The zero-order chi connectivity index (χ0) is 22.2. The Labute approximate surface area is 221 Å². The third-order valence-electron chi connectivity index (χ3n) is 5.51. The first-order valence-corrected chi connectivity index (χ1v) is 13.2. The lowest BCUT2D eigenvalue weighted by Gasteiger charge is -2.12. The van der Waals surface area contributed by atoms with E-state index in [4.69, 9.17) is 0 Å². The van der Waals surface area contributed by atoms with Gasteiger partial charge in [0, 0.05) is 17.9 Å². The maximum absolute atomic E-state index is 3.70. The van der Waals surface area contributed by atoms with E-state index in [2.05, 4.69) is 161 Å². The van der Waals surface area contributed by atoms with Crippen molar-refractivity contribution in [3.05, 3.63) is 137 Å². The number of fused-ring (bicyclic) bond motifs is 1. The highest BCUT2D eigenvalue weighted by atomic mass is 79.9. The quantitative estimate of drug-likeness (QED) is 0.203. The van der Waals surface area contributed by atoms with Gasteiger partial charge in [0.1, 0.15) is 0 Å². The normalized spacial score (nSPS) is 14.2. The van der Waals surface area contributed by atoms with E-state index in [1.54, 1.807) is 0 Å². The molecule has 0 nitrogen and oxygen atoms in total. The number of halogens is 4. The Kier molecular flexibility index (Phi) is 6.39. The van der Waals surface area contributed by atoms with Crippen molar-refractivity contribution in [3.8, 4) is 0 Å². The zero-order valence-electron chi connectivity index (χ0n) is 16.7. The van der Waals surface area contributed by atoms with Gasteiger partial charge in [-0.1, -0.05) is 106 Å². The molecule has 0 heterocycles. The summed E-state index contributed by atoms with van der Waals surface area (Å²) < 4.78 is 4.30. The molecular formula is C28H16Br4. The maximum atomic E-state index is 3.70. The van der Waals surface area contributed by atoms with Crippen LogP contribution < -0.4 is 0 Å². The van der Waals surface area contributed by atoms with Gasteiger partial charge in [0.05, 0.1) is 0 Å². The summed E-state index contributed by atoms with van der Waals surface area (Å²) in [5.74, 6) is 0. The molecule has 0 radical (unpaired) electrons. The van der Waals surface area contributed by atoms with E-state index >= 15 is 0 Å². The van der Waals surface area contributed by atoms with Gasteiger partial charge in [-0.25, -0.2) is 0 Å². The smallest absolute Gasteiger partial charge is 0.0181 e. The minimum Gasteiger partial charge on any atom is -0.0538 e. The highest BCUT2D eigenvalue weighted by molar-refractivity contribution is 9.11. The lowest BCUT2D eigenvalue weighted by molar-refractivity contribution is 1.52. The van der Waals surface area contributed by atoms with Crippen LogP contribution in [0, 0.1) is 0 Å². The van der Waals surface area contributed by atoms with E-state index in [0.29, 0.717) is 0 Å². The van der Waals surface area contributed by atoms with Crippen LogP contribution in [0.3, 0.4) is 0 Å². The summed E-state index contributed by atoms with van der Waals surface area (Å²) in [4.78, 5) is 0. The Morgan fingerprint density at radius 3 is 1.47 bits per heavy atom. The fraction of sp³-hybridized carbons (Fsp3) is 0. The summed E-state index contributed by atoms with van der Waals surface area (Å²) in [7, 11) is 0. The average molecular weight is 672 g/mol. The predicted octanol–water partition coefficient (Wildman–Crippen LogP) is 10.2. The van der Waals surface area contributed by atoms with Crippen molar-refractivity contribution >= 4 is 86.5 Å². The van der Waals surface area contributed by atoms with Crippen LogP contribution in [0.1, 0.15) is 27.8 Å². The fourth-order valence-electron chi connectivity index (χ4n) is 4.07. The van der Waals surface area contributed by atoms with Gasteiger partial charge in [-0.2, -0.15) is 0 Å². The van der Waals surface area contributed by atoms with E-state index in [0.717, 1.165) is 17.9 Å². The van der Waals surface area contributed by atoms with Crippen LogP contribution in [-0.4, -0.2) is 0 Å². The lowest BCUT2D eigenvalue weighted by atomic mass is 9.92. The van der Waals surface area contributed by atoms with E-state index in [-0.39, 0.29) is 0 Å². The van der Waals surface area contributed by atoms with Crippen LogP contribution in [-0.2, 0) is 0 Å². The first-order chi connectivity index (χ1) is 15.5. The van der Waals surface area contributed by atoms with E-state index in [9.17, 15) is 0 Å². The maximum Gasteiger partial charge on any atom is 0.0181 e. The van der Waals surface area contributed by atoms with Crippen LogP contribution in [0.5, 0.6) is 0 Å². The van der Waals surface area contributed by atoms with Gasteiger partial charge in [-0.15, -0.1) is 0 Å². The molecule has 0 amide bonds. The summed E-state index contributed by atoms with van der Waals surface area (Å²) in [5.41, 5.74) is 9.77. The van der Waals surface area contributed by atoms with Crippen molar-refractivity contribution in [1.29, 1.82) is 0 Å². The highest BCUT2D eigenvalue weighted by Crippen LogP contribution is 2.50. The summed E-state index contributed by atoms with van der Waals surface area (Å²) in [5, 5.41) is 0. The Morgan fingerprint density at radius 2 is 0.906 bits per heavy atom. The molecule has 0 aromatic heterocycles. The number of hydrogen-bond acceptors (Lipinski definition) is 0. The number of hydrogen-bond donors (Lipinski definition) is 0. The van der Waals surface area contributed by atoms with Crippen molar-refractivity contribution in [1.82, 2.24) is 0 Å². The summed E-state index contributed by atoms with van der Waals surface area (Å²) in [6.45, 7) is 0. The van der Waals surface area contributed by atoms with Crippen molar-refractivity contribution in [3.63, 3.8) is 0 Å². The van der Waals surface area contributed by atoms with Gasteiger partial charge in [-0.05, 0) is 99.1 Å². The van der Waals surface area contributed by atoms with Gasteiger partial charge in [0.25, 0.3) is 0 Å². The molecule has 0 spiro atoms. The van der Waals surface area contributed by atoms with Crippen LogP contribution in [0.25, 0.3) is 22.8 Å². The molecule has 4 aromatic carbocycles. The first kappa shape index (κ1) is 22.1. The molecule has 0 unspecified atom stereocenters. The molecule has 0 N–H and O–H groups in total. The second-order valence-electron chi connectivity index (χ2n) is 7.56. The first-order valence-electron chi connectivity index (χ1n) is 10.0. The molecule has 4 aromatic rings. The van der Waals surface area contributed by atoms with Crippen molar-refractivity contribution in [2.24, 2.45) is 0 Å². The molecule has 0 atom stereocenters. The Hall–Kier alpha value is -1.72. The SMILES string of the molecule is Brc1ccc(/C=C2/C(c3ccc(Br)cc3)=C(c3ccc(Br)cc3)c3cc(Br)ccc32)cc1. The molecule has 1 aliphatic rings. The van der Waals surface area contributed by atoms with Gasteiger partial charge in [0.2, 0.25) is 0 Å². The van der Waals surface area contributed by atoms with Gasteiger partial charge in [-0.3, -0.25) is 0 Å². The highest BCUT2D eigenvalue weighted by Gasteiger charge is 2.28. The topological polar surface area (TPSA) is 0 Å². The molecule has 4 heteroatoms. The second kappa shape index (κ2) is 9.26. The summed E-state index contributed by atoms with van der Waals surface area (Å²) in [6, 6.07) is 32.2. The molecule has 1 aliphatic carbocycles. The van der Waals surface area contributed by atoms with Crippen LogP contribution in [0.2, 0.25) is 0 Å². The standard InChI is InChI=1S/C28H16Br4/c29-20-7-1-17(2-8-20)15-25-24-14-13-23(32)16-26(24)28(19-5-11-22(31)12-6-19)27(25)18-3-9-21(30)10-4-18/h1-16H/b25-15+. The molecule has 0 bridgehead atoms. The van der Waals surface area contributed by atoms with Crippen LogP contribution in [0.15, 0.2) is 109 Å². The van der Waals surface area contributed by atoms with E-state index < -0.39 is 0 Å². The number of allylic oxidation sites excluding steroid dienone is 2. The average Bonchev–Trinajstić information content (AvgIpc) is 3.09. The van der Waals surface area contributed by atoms with E-state index in [1.807, 2.05) is 0 Å². The largest absolute Gasteiger partial charge is 0.0538 e. The number of rotatable bonds is 3. The molecular weight excluding hydrogens is 656 g/mol. The molecule has 0 saturated carbocycles. The molecule has 5 rings (SSSR count). The Balaban J connectivity index is 1.84. The van der Waals surface area contributed by atoms with Gasteiger partial charge < -0.3 is 0 Å². The molecule has 32 heavy (non-hydrogen) atoms. The Morgan fingerprint density at radius 1 is 0.438 bits per heavy atom. The van der Waals surface area contributed by atoms with Crippen molar-refractivity contribution in [2.45, 2.75) is 0 Å². The third-order valence-corrected chi connectivity index (χ3v) is 7.59.